The lowest BCUT2D eigenvalue weighted by Gasteiger charge is -2.09. The summed E-state index contributed by atoms with van der Waals surface area (Å²) in [6, 6.07) is 7.86. The molecule has 2 rings (SSSR count). The van der Waals surface area contributed by atoms with Crippen LogP contribution in [0, 0.1) is 0 Å². The number of pyridine rings is 1. The Morgan fingerprint density at radius 2 is 1.94 bits per heavy atom. The van der Waals surface area contributed by atoms with Gasteiger partial charge in [0.25, 0.3) is 10.0 Å². The molecule has 0 unspecified atom stereocenters. The number of rotatable bonds is 3. The van der Waals surface area contributed by atoms with Gasteiger partial charge in [-0.25, -0.2) is 8.42 Å². The Balaban J connectivity index is 2.37. The lowest BCUT2D eigenvalue weighted by Crippen LogP contribution is -2.13. The van der Waals surface area contributed by atoms with Gasteiger partial charge in [0, 0.05) is 10.7 Å². The lowest BCUT2D eigenvalue weighted by atomic mass is 10.4. The molecule has 2 aromatic rings. The fourth-order valence-electron chi connectivity index (χ4n) is 1.34. The Bertz CT molecular complexity index is 676. The molecule has 0 aliphatic carbocycles. The predicted octanol–water partition coefficient (Wildman–Crippen LogP) is 3.30. The summed E-state index contributed by atoms with van der Waals surface area (Å²) < 4.78 is 27.3. The van der Waals surface area contributed by atoms with E-state index in [1.54, 1.807) is 24.4 Å². The fourth-order valence-corrected chi connectivity index (χ4v) is 3.26. The van der Waals surface area contributed by atoms with Crippen LogP contribution in [-0.4, -0.2) is 13.4 Å². The van der Waals surface area contributed by atoms with Crippen molar-refractivity contribution >= 4 is 43.2 Å². The first-order chi connectivity index (χ1) is 8.49. The third kappa shape index (κ3) is 3.01. The van der Waals surface area contributed by atoms with Crippen molar-refractivity contribution in [3.63, 3.8) is 0 Å². The van der Waals surface area contributed by atoms with Crippen molar-refractivity contribution < 1.29 is 8.42 Å². The first-order valence-corrected chi connectivity index (χ1v) is 7.52. The van der Waals surface area contributed by atoms with E-state index in [-0.39, 0.29) is 9.92 Å². The summed E-state index contributed by atoms with van der Waals surface area (Å²) in [5, 5.41) is 0.174. The van der Waals surface area contributed by atoms with Crippen molar-refractivity contribution in [2.45, 2.75) is 4.90 Å². The quantitative estimate of drug-likeness (QED) is 0.927. The summed E-state index contributed by atoms with van der Waals surface area (Å²) in [4.78, 5) is 3.91. The molecule has 7 heteroatoms. The summed E-state index contributed by atoms with van der Waals surface area (Å²) in [7, 11) is -3.70. The number of hydrogen-bond donors (Lipinski definition) is 1. The normalized spacial score (nSPS) is 11.2. The zero-order chi connectivity index (χ0) is 13.2. The number of hydrogen-bond acceptors (Lipinski definition) is 3. The minimum Gasteiger partial charge on any atom is -0.278 e. The molecule has 0 spiro atoms. The van der Waals surface area contributed by atoms with Gasteiger partial charge in [-0.3, -0.25) is 9.71 Å². The maximum absolute atomic E-state index is 12.1. The molecule has 18 heavy (non-hydrogen) atoms. The molecule has 0 bridgehead atoms. The molecule has 1 heterocycles. The first-order valence-electron chi connectivity index (χ1n) is 4.87. The van der Waals surface area contributed by atoms with Crippen molar-refractivity contribution in [1.29, 1.82) is 0 Å². The second-order valence-corrected chi connectivity index (χ2v) is 6.40. The summed E-state index contributed by atoms with van der Waals surface area (Å²) in [5.74, 6) is 0. The summed E-state index contributed by atoms with van der Waals surface area (Å²) >= 11 is 9.08. The highest BCUT2D eigenvalue weighted by atomic mass is 79.9. The predicted molar refractivity (Wildman–Crippen MR) is 74.2 cm³/mol. The van der Waals surface area contributed by atoms with Crippen LogP contribution in [0.15, 0.2) is 52.1 Å². The van der Waals surface area contributed by atoms with Gasteiger partial charge < -0.3 is 0 Å². The monoisotopic (exact) mass is 346 g/mol. The van der Waals surface area contributed by atoms with Gasteiger partial charge in [-0.2, -0.15) is 0 Å². The van der Waals surface area contributed by atoms with Gasteiger partial charge in [-0.15, -0.1) is 0 Å². The minimum atomic E-state index is -3.70. The van der Waals surface area contributed by atoms with Crippen molar-refractivity contribution in [3.8, 4) is 0 Å². The molecule has 0 atom stereocenters. The highest BCUT2D eigenvalue weighted by Crippen LogP contribution is 2.23. The van der Waals surface area contributed by atoms with Crippen LogP contribution in [0.3, 0.4) is 0 Å². The van der Waals surface area contributed by atoms with E-state index in [4.69, 9.17) is 11.6 Å². The van der Waals surface area contributed by atoms with Gasteiger partial charge >= 0.3 is 0 Å². The fraction of sp³-hybridized carbons (Fsp3) is 0. The minimum absolute atomic E-state index is 0.0339. The third-order valence-corrected chi connectivity index (χ3v) is 4.40. The number of benzene rings is 1. The van der Waals surface area contributed by atoms with Crippen LogP contribution < -0.4 is 4.72 Å². The number of nitrogens with one attached hydrogen (secondary N) is 1. The van der Waals surface area contributed by atoms with E-state index in [0.717, 1.165) is 0 Å². The van der Waals surface area contributed by atoms with Crippen molar-refractivity contribution in [1.82, 2.24) is 4.98 Å². The van der Waals surface area contributed by atoms with Crippen LogP contribution in [-0.2, 0) is 10.0 Å². The average molecular weight is 348 g/mol. The standard InChI is InChI=1S/C11H8BrClN2O2S/c12-8-5-9(7-14-6-8)15-18(16,17)11-4-2-1-3-10(11)13/h1-7,15H. The number of halogens is 2. The van der Waals surface area contributed by atoms with Gasteiger partial charge in [0.1, 0.15) is 4.90 Å². The largest absolute Gasteiger partial charge is 0.278 e. The maximum atomic E-state index is 12.1. The second kappa shape index (κ2) is 5.26. The van der Waals surface area contributed by atoms with Gasteiger partial charge in [0.05, 0.1) is 16.9 Å². The van der Waals surface area contributed by atoms with Crippen LogP contribution >= 0.6 is 27.5 Å². The summed E-state index contributed by atoms with van der Waals surface area (Å²) in [6.07, 6.45) is 2.98. The van der Waals surface area contributed by atoms with E-state index in [1.165, 1.54) is 18.3 Å². The van der Waals surface area contributed by atoms with Crippen LogP contribution in [0.5, 0.6) is 0 Å². The summed E-state index contributed by atoms with van der Waals surface area (Å²) in [6.45, 7) is 0. The highest BCUT2D eigenvalue weighted by Gasteiger charge is 2.17. The van der Waals surface area contributed by atoms with Gasteiger partial charge in [0.2, 0.25) is 0 Å². The van der Waals surface area contributed by atoms with E-state index in [1.807, 2.05) is 0 Å². The highest BCUT2D eigenvalue weighted by molar-refractivity contribution is 9.10. The Hall–Kier alpha value is -1.11. The van der Waals surface area contributed by atoms with Crippen molar-refractivity contribution in [2.75, 3.05) is 4.72 Å². The van der Waals surface area contributed by atoms with E-state index in [0.29, 0.717) is 10.2 Å². The SMILES string of the molecule is O=S(=O)(Nc1cncc(Br)c1)c1ccccc1Cl. The zero-order valence-electron chi connectivity index (χ0n) is 8.97. The topological polar surface area (TPSA) is 59.1 Å². The molecule has 0 saturated heterocycles. The zero-order valence-corrected chi connectivity index (χ0v) is 12.1. The molecule has 0 aliphatic heterocycles. The van der Waals surface area contributed by atoms with Gasteiger partial charge in [0.15, 0.2) is 0 Å². The first kappa shape index (κ1) is 13.3. The van der Waals surface area contributed by atoms with E-state index < -0.39 is 10.0 Å². The number of aromatic nitrogens is 1. The Labute approximate surface area is 118 Å². The Morgan fingerprint density at radius 1 is 1.22 bits per heavy atom. The molecule has 4 nitrogen and oxygen atoms in total. The molecule has 94 valence electrons. The maximum Gasteiger partial charge on any atom is 0.263 e. The van der Waals surface area contributed by atoms with Crippen LogP contribution in [0.2, 0.25) is 5.02 Å². The number of anilines is 1. The molecule has 0 saturated carbocycles. The lowest BCUT2D eigenvalue weighted by molar-refractivity contribution is 0.601. The van der Waals surface area contributed by atoms with E-state index in [2.05, 4.69) is 25.6 Å². The molecule has 0 amide bonds. The second-order valence-electron chi connectivity index (χ2n) is 3.43. The van der Waals surface area contributed by atoms with Gasteiger partial charge in [-0.1, -0.05) is 23.7 Å². The third-order valence-electron chi connectivity index (χ3n) is 2.08. The molecule has 1 aromatic heterocycles. The van der Waals surface area contributed by atoms with Gasteiger partial charge in [-0.05, 0) is 34.1 Å². The van der Waals surface area contributed by atoms with Crippen LogP contribution in [0.25, 0.3) is 0 Å². The Morgan fingerprint density at radius 3 is 2.61 bits per heavy atom. The molecule has 0 radical (unpaired) electrons. The smallest absolute Gasteiger partial charge is 0.263 e. The number of nitrogens with zero attached hydrogens (tertiary/aromatic N) is 1. The van der Waals surface area contributed by atoms with Crippen molar-refractivity contribution in [3.05, 3.63) is 52.2 Å². The number of sulfonamides is 1. The Kier molecular flexibility index (Phi) is 3.89. The molecule has 0 fully saturated rings. The molecular weight excluding hydrogens is 340 g/mol. The molecule has 1 aromatic carbocycles. The molecule has 0 aliphatic rings. The molecular formula is C11H8BrClN2O2S. The summed E-state index contributed by atoms with van der Waals surface area (Å²) in [5.41, 5.74) is 0.365. The van der Waals surface area contributed by atoms with E-state index in [9.17, 15) is 8.42 Å². The molecule has 1 N–H and O–H groups in total. The average Bonchev–Trinajstić information content (AvgIpc) is 2.28. The van der Waals surface area contributed by atoms with Crippen LogP contribution in [0.1, 0.15) is 0 Å². The van der Waals surface area contributed by atoms with Crippen molar-refractivity contribution in [2.24, 2.45) is 0 Å². The van der Waals surface area contributed by atoms with Crippen LogP contribution in [0.4, 0.5) is 5.69 Å². The van der Waals surface area contributed by atoms with E-state index >= 15 is 0 Å².